The Kier molecular flexibility index (Phi) is 7.48. The molecule has 2 aromatic rings. The van der Waals surface area contributed by atoms with Crippen LogP contribution in [0, 0.1) is 11.8 Å². The van der Waals surface area contributed by atoms with Gasteiger partial charge in [0.25, 0.3) is 5.56 Å². The van der Waals surface area contributed by atoms with Gasteiger partial charge in [0.05, 0.1) is 17.7 Å². The topological polar surface area (TPSA) is 84.3 Å². The predicted octanol–water partition coefficient (Wildman–Crippen LogP) is 3.46. The lowest BCUT2D eigenvalue weighted by atomic mass is 9.89. The average Bonchev–Trinajstić information content (AvgIpc) is 3.48. The van der Waals surface area contributed by atoms with E-state index in [1.54, 1.807) is 23.0 Å². The number of hydrogen-bond acceptors (Lipinski definition) is 6. The van der Waals surface area contributed by atoms with Crippen LogP contribution in [0.15, 0.2) is 9.95 Å². The Hall–Kier alpha value is -1.87. The summed E-state index contributed by atoms with van der Waals surface area (Å²) in [7, 11) is 1.65. The normalized spacial score (nSPS) is 17.9. The number of likely N-dealkylation sites (N-methyl/N-ethyl adjacent to an activating group) is 1. The summed E-state index contributed by atoms with van der Waals surface area (Å²) in [6.07, 6.45) is 5.97. The van der Waals surface area contributed by atoms with Crippen molar-refractivity contribution in [2.75, 3.05) is 19.3 Å². The molecule has 1 unspecified atom stereocenters. The maximum absolute atomic E-state index is 13.6. The van der Waals surface area contributed by atoms with Crippen LogP contribution in [0.25, 0.3) is 10.2 Å². The maximum atomic E-state index is 13.6. The van der Waals surface area contributed by atoms with E-state index in [0.717, 1.165) is 48.7 Å². The van der Waals surface area contributed by atoms with Crippen molar-refractivity contribution in [3.05, 3.63) is 20.8 Å². The van der Waals surface area contributed by atoms with E-state index in [1.807, 2.05) is 0 Å². The number of fused-ring (bicyclic) bond motifs is 3. The van der Waals surface area contributed by atoms with Gasteiger partial charge in [-0.15, -0.1) is 11.3 Å². The van der Waals surface area contributed by atoms with E-state index in [0.29, 0.717) is 23.5 Å². The average molecular weight is 491 g/mol. The molecule has 33 heavy (non-hydrogen) atoms. The zero-order valence-electron chi connectivity index (χ0n) is 20.0. The summed E-state index contributed by atoms with van der Waals surface area (Å²) in [6.45, 7) is 7.19. The van der Waals surface area contributed by atoms with Crippen molar-refractivity contribution in [1.82, 2.24) is 19.8 Å². The van der Waals surface area contributed by atoms with Crippen LogP contribution in [0.3, 0.4) is 0 Å². The minimum atomic E-state index is -0.144. The van der Waals surface area contributed by atoms with Gasteiger partial charge in [-0.1, -0.05) is 32.5 Å². The van der Waals surface area contributed by atoms with Gasteiger partial charge in [-0.2, -0.15) is 0 Å². The fraction of sp³-hybridized carbons (Fsp3) is 0.667. The number of carbonyl (C=O) groups excluding carboxylic acids is 2. The van der Waals surface area contributed by atoms with E-state index in [2.05, 4.69) is 26.1 Å². The number of rotatable bonds is 9. The number of aromatic nitrogens is 2. The molecule has 1 fully saturated rings. The molecule has 2 aliphatic rings. The van der Waals surface area contributed by atoms with E-state index < -0.39 is 0 Å². The fourth-order valence-corrected chi connectivity index (χ4v) is 6.53. The lowest BCUT2D eigenvalue weighted by molar-refractivity contribution is -0.132. The van der Waals surface area contributed by atoms with Crippen molar-refractivity contribution in [2.45, 2.75) is 77.0 Å². The highest BCUT2D eigenvalue weighted by atomic mass is 32.2. The SMILES string of the molecule is CC(C)CCn1c(SCC(=O)N(C)CC(=O)NC2CC2)nc2sc3c(c2c1=O)CCC(C)C3. The van der Waals surface area contributed by atoms with Gasteiger partial charge in [0.2, 0.25) is 11.8 Å². The number of thiophene rings is 1. The molecule has 0 saturated heterocycles. The van der Waals surface area contributed by atoms with Crippen LogP contribution >= 0.6 is 23.1 Å². The summed E-state index contributed by atoms with van der Waals surface area (Å²) in [6, 6.07) is 0.279. The molecule has 0 aromatic carbocycles. The molecule has 180 valence electrons. The van der Waals surface area contributed by atoms with Gasteiger partial charge in [0, 0.05) is 24.5 Å². The lowest BCUT2D eigenvalue weighted by Gasteiger charge is -2.18. The third-order valence-corrected chi connectivity index (χ3v) is 8.49. The van der Waals surface area contributed by atoms with Crippen LogP contribution in [-0.4, -0.2) is 51.7 Å². The third kappa shape index (κ3) is 5.80. The summed E-state index contributed by atoms with van der Waals surface area (Å²) in [5.41, 5.74) is 1.22. The van der Waals surface area contributed by atoms with Crippen LogP contribution < -0.4 is 10.9 Å². The lowest BCUT2D eigenvalue weighted by Crippen LogP contribution is -2.39. The molecule has 0 aliphatic heterocycles. The van der Waals surface area contributed by atoms with Crippen LogP contribution in [0.4, 0.5) is 0 Å². The first kappa shape index (κ1) is 24.3. The molecule has 1 N–H and O–H groups in total. The quantitative estimate of drug-likeness (QED) is 0.430. The van der Waals surface area contributed by atoms with Gasteiger partial charge < -0.3 is 10.2 Å². The number of thioether (sulfide) groups is 1. The summed E-state index contributed by atoms with van der Waals surface area (Å²) < 4.78 is 1.77. The molecule has 2 heterocycles. The predicted molar refractivity (Wildman–Crippen MR) is 134 cm³/mol. The van der Waals surface area contributed by atoms with Gasteiger partial charge >= 0.3 is 0 Å². The summed E-state index contributed by atoms with van der Waals surface area (Å²) in [5, 5.41) is 4.30. The smallest absolute Gasteiger partial charge is 0.263 e. The maximum Gasteiger partial charge on any atom is 0.263 e. The second-order valence-corrected chi connectivity index (χ2v) is 12.0. The molecule has 2 aliphatic carbocycles. The Morgan fingerprint density at radius 1 is 1.30 bits per heavy atom. The Morgan fingerprint density at radius 2 is 2.06 bits per heavy atom. The standard InChI is InChI=1S/C24H34N4O3S2/c1-14(2)9-10-28-23(31)21-17-8-5-15(3)11-18(17)33-22(21)26-24(28)32-13-20(30)27(4)12-19(29)25-16-6-7-16/h14-16H,5-13H2,1-4H3,(H,25,29). The first-order chi connectivity index (χ1) is 15.7. The van der Waals surface area contributed by atoms with Crippen molar-refractivity contribution in [3.63, 3.8) is 0 Å². The molecule has 0 radical (unpaired) electrons. The molecule has 4 rings (SSSR count). The van der Waals surface area contributed by atoms with E-state index >= 15 is 0 Å². The molecule has 2 aromatic heterocycles. The Labute approximate surface area is 203 Å². The molecule has 2 amide bonds. The molecule has 9 heteroatoms. The minimum absolute atomic E-state index is 0.0276. The van der Waals surface area contributed by atoms with Gasteiger partial charge in [0.15, 0.2) is 5.16 Å². The van der Waals surface area contributed by atoms with Crippen molar-refractivity contribution in [1.29, 1.82) is 0 Å². The van der Waals surface area contributed by atoms with Gasteiger partial charge in [0.1, 0.15) is 4.83 Å². The van der Waals surface area contributed by atoms with Gasteiger partial charge in [-0.05, 0) is 55.9 Å². The number of amides is 2. The highest BCUT2D eigenvalue weighted by Crippen LogP contribution is 2.36. The van der Waals surface area contributed by atoms with Gasteiger partial charge in [-0.3, -0.25) is 19.0 Å². The molecule has 1 atom stereocenters. The summed E-state index contributed by atoms with van der Waals surface area (Å²) >= 11 is 2.94. The van der Waals surface area contributed by atoms with Crippen molar-refractivity contribution < 1.29 is 9.59 Å². The highest BCUT2D eigenvalue weighted by Gasteiger charge is 2.26. The van der Waals surface area contributed by atoms with Crippen LogP contribution in [0.1, 0.15) is 56.9 Å². The molecule has 1 saturated carbocycles. The van der Waals surface area contributed by atoms with Crippen molar-refractivity contribution in [3.8, 4) is 0 Å². The van der Waals surface area contributed by atoms with Crippen LogP contribution in [-0.2, 0) is 29.0 Å². The minimum Gasteiger partial charge on any atom is -0.352 e. The van der Waals surface area contributed by atoms with Gasteiger partial charge in [-0.25, -0.2) is 4.98 Å². The largest absolute Gasteiger partial charge is 0.352 e. The number of aryl methyl sites for hydroxylation is 1. The van der Waals surface area contributed by atoms with E-state index in [1.165, 1.54) is 27.1 Å². The van der Waals surface area contributed by atoms with E-state index in [-0.39, 0.29) is 35.7 Å². The first-order valence-electron chi connectivity index (χ1n) is 11.9. The van der Waals surface area contributed by atoms with Crippen molar-refractivity contribution >= 4 is 45.1 Å². The Morgan fingerprint density at radius 3 is 2.76 bits per heavy atom. The number of hydrogen-bond donors (Lipinski definition) is 1. The Bertz CT molecular complexity index is 1100. The monoisotopic (exact) mass is 490 g/mol. The number of carbonyl (C=O) groups is 2. The Balaban J connectivity index is 1.54. The molecular formula is C24H34N4O3S2. The second kappa shape index (κ2) is 10.2. The van der Waals surface area contributed by atoms with E-state index in [9.17, 15) is 14.4 Å². The number of nitrogens with zero attached hydrogens (tertiary/aromatic N) is 3. The van der Waals surface area contributed by atoms with Crippen LogP contribution in [0.5, 0.6) is 0 Å². The highest BCUT2D eigenvalue weighted by molar-refractivity contribution is 7.99. The molecule has 7 nitrogen and oxygen atoms in total. The second-order valence-electron chi connectivity index (χ2n) is 9.95. The molecular weight excluding hydrogens is 456 g/mol. The molecule has 0 spiro atoms. The van der Waals surface area contributed by atoms with Crippen LogP contribution in [0.2, 0.25) is 0 Å². The zero-order chi connectivity index (χ0) is 23.7. The van der Waals surface area contributed by atoms with Crippen molar-refractivity contribution in [2.24, 2.45) is 11.8 Å². The first-order valence-corrected chi connectivity index (χ1v) is 13.7. The third-order valence-electron chi connectivity index (χ3n) is 6.38. The summed E-state index contributed by atoms with van der Waals surface area (Å²) in [4.78, 5) is 46.7. The van der Waals surface area contributed by atoms with E-state index in [4.69, 9.17) is 4.98 Å². The number of nitrogens with one attached hydrogen (secondary N) is 1. The summed E-state index contributed by atoms with van der Waals surface area (Å²) in [5.74, 6) is 0.975. The zero-order valence-corrected chi connectivity index (χ0v) is 21.6. The molecule has 0 bridgehead atoms. The fourth-order valence-electron chi connectivity index (χ4n) is 4.14.